The second-order valence-electron chi connectivity index (χ2n) is 3.79. The fourth-order valence-electron chi connectivity index (χ4n) is 1.41. The molecule has 6 nitrogen and oxygen atoms in total. The number of rotatable bonds is 6. The minimum absolute atomic E-state index is 0.115. The van der Waals surface area contributed by atoms with Crippen LogP contribution in [0.25, 0.3) is 6.08 Å². The molecule has 0 saturated heterocycles. The quantitative estimate of drug-likeness (QED) is 0.151. The Morgan fingerprint density at radius 1 is 1.45 bits per heavy atom. The van der Waals surface area contributed by atoms with Crippen LogP contribution in [0.3, 0.4) is 0 Å². The van der Waals surface area contributed by atoms with Gasteiger partial charge >= 0.3 is 5.97 Å². The van der Waals surface area contributed by atoms with E-state index in [0.29, 0.717) is 10.9 Å². The van der Waals surface area contributed by atoms with Crippen LogP contribution in [0.4, 0.5) is 5.69 Å². The lowest BCUT2D eigenvalue weighted by molar-refractivity contribution is -0.384. The predicted molar refractivity (Wildman–Crippen MR) is 76.5 cm³/mol. The molecule has 0 heterocycles. The molecule has 0 aromatic heterocycles. The summed E-state index contributed by atoms with van der Waals surface area (Å²) in [6.07, 6.45) is 1.28. The number of non-ortho nitro benzene ring substituents is 1. The lowest BCUT2D eigenvalue weighted by Crippen LogP contribution is -2.14. The van der Waals surface area contributed by atoms with Gasteiger partial charge in [0.2, 0.25) is 0 Å². The van der Waals surface area contributed by atoms with E-state index in [1.807, 2.05) is 0 Å². The number of Topliss-reactive ketones (excluding diaryl/α,β-unsaturated/α-hetero) is 1. The minimum Gasteiger partial charge on any atom is -0.461 e. The smallest absolute Gasteiger partial charge is 0.341 e. The first-order valence-electron chi connectivity index (χ1n) is 5.66. The van der Waals surface area contributed by atoms with Crippen molar-refractivity contribution in [1.82, 2.24) is 0 Å². The number of halogens is 1. The Kier molecular flexibility index (Phi) is 6.05. The van der Waals surface area contributed by atoms with Crippen LogP contribution in [0.2, 0.25) is 0 Å². The topological polar surface area (TPSA) is 86.5 Å². The third-order valence-corrected chi connectivity index (χ3v) is 2.63. The Morgan fingerprint density at radius 3 is 2.70 bits per heavy atom. The van der Waals surface area contributed by atoms with E-state index in [9.17, 15) is 19.7 Å². The van der Waals surface area contributed by atoms with Gasteiger partial charge in [-0.3, -0.25) is 14.9 Å². The Morgan fingerprint density at radius 2 is 2.15 bits per heavy atom. The first-order valence-corrected chi connectivity index (χ1v) is 6.78. The number of carbonyl (C=O) groups excluding carboxylic acids is 2. The Bertz CT molecular complexity index is 568. The monoisotopic (exact) mass is 341 g/mol. The molecule has 0 N–H and O–H groups in total. The molecule has 0 fully saturated rings. The zero-order valence-electron chi connectivity index (χ0n) is 10.7. The molecule has 0 radical (unpaired) electrons. The molecular formula is C13H12BrNO5. The predicted octanol–water partition coefficient (Wildman–Crippen LogP) is 2.51. The highest BCUT2D eigenvalue weighted by atomic mass is 79.9. The standard InChI is InChI=1S/C13H12BrNO5/c1-9(16)12(13(17)20-6-5-14)8-10-3-2-4-11(7-10)15(18)19/h2-4,7-8H,5-6H2,1H3/b12-8+. The number of benzene rings is 1. The van der Waals surface area contributed by atoms with E-state index in [1.54, 1.807) is 6.07 Å². The van der Waals surface area contributed by atoms with E-state index < -0.39 is 16.7 Å². The van der Waals surface area contributed by atoms with Crippen molar-refractivity contribution in [3.05, 3.63) is 45.5 Å². The van der Waals surface area contributed by atoms with Crippen molar-refractivity contribution >= 4 is 39.4 Å². The van der Waals surface area contributed by atoms with Gasteiger partial charge in [0, 0.05) is 17.5 Å². The number of carbonyl (C=O) groups is 2. The van der Waals surface area contributed by atoms with Crippen molar-refractivity contribution < 1.29 is 19.2 Å². The van der Waals surface area contributed by atoms with Crippen molar-refractivity contribution in [2.24, 2.45) is 0 Å². The van der Waals surface area contributed by atoms with Gasteiger partial charge in [-0.2, -0.15) is 0 Å². The molecule has 0 bridgehead atoms. The summed E-state index contributed by atoms with van der Waals surface area (Å²) in [4.78, 5) is 33.3. The Hall–Kier alpha value is -2.02. The van der Waals surface area contributed by atoms with Crippen LogP contribution in [0.15, 0.2) is 29.8 Å². The molecule has 0 saturated carbocycles. The third-order valence-electron chi connectivity index (χ3n) is 2.30. The zero-order valence-corrected chi connectivity index (χ0v) is 12.3. The molecule has 20 heavy (non-hydrogen) atoms. The molecule has 0 aliphatic rings. The van der Waals surface area contributed by atoms with Gasteiger partial charge in [-0.15, -0.1) is 0 Å². The van der Waals surface area contributed by atoms with E-state index >= 15 is 0 Å². The SMILES string of the molecule is CC(=O)/C(=C\c1cccc([N+](=O)[O-])c1)C(=O)OCCBr. The maximum Gasteiger partial charge on any atom is 0.341 e. The Labute approximate surface area is 123 Å². The second kappa shape index (κ2) is 7.54. The first kappa shape index (κ1) is 16.0. The van der Waals surface area contributed by atoms with E-state index in [2.05, 4.69) is 15.9 Å². The fourth-order valence-corrected chi connectivity index (χ4v) is 1.57. The normalized spacial score (nSPS) is 11.0. The van der Waals surface area contributed by atoms with Crippen LogP contribution >= 0.6 is 15.9 Å². The summed E-state index contributed by atoms with van der Waals surface area (Å²) in [5.41, 5.74) is 0.127. The molecule has 0 amide bonds. The first-order chi connectivity index (χ1) is 9.45. The molecule has 0 aliphatic carbocycles. The number of esters is 1. The van der Waals surface area contributed by atoms with Crippen molar-refractivity contribution in [3.8, 4) is 0 Å². The molecule has 1 rings (SSSR count). The second-order valence-corrected chi connectivity index (χ2v) is 4.58. The molecule has 0 unspecified atom stereocenters. The van der Waals surface area contributed by atoms with Gasteiger partial charge in [0.05, 0.1) is 4.92 Å². The van der Waals surface area contributed by atoms with Gasteiger partial charge in [0.1, 0.15) is 12.2 Å². The molecule has 7 heteroatoms. The summed E-state index contributed by atoms with van der Waals surface area (Å²) in [7, 11) is 0. The van der Waals surface area contributed by atoms with Crippen LogP contribution in [0, 0.1) is 10.1 Å². The summed E-state index contributed by atoms with van der Waals surface area (Å²) < 4.78 is 4.86. The molecule has 0 atom stereocenters. The number of ether oxygens (including phenoxy) is 1. The van der Waals surface area contributed by atoms with Crippen LogP contribution in [-0.2, 0) is 14.3 Å². The summed E-state index contributed by atoms with van der Waals surface area (Å²) in [6.45, 7) is 1.37. The lowest BCUT2D eigenvalue weighted by atomic mass is 10.1. The molecule has 0 aliphatic heterocycles. The van der Waals surface area contributed by atoms with Crippen molar-refractivity contribution in [2.45, 2.75) is 6.92 Å². The van der Waals surface area contributed by atoms with Crippen LogP contribution < -0.4 is 0 Å². The van der Waals surface area contributed by atoms with Crippen LogP contribution in [-0.4, -0.2) is 28.6 Å². The number of nitro groups is 1. The van der Waals surface area contributed by atoms with E-state index in [4.69, 9.17) is 4.74 Å². The summed E-state index contributed by atoms with van der Waals surface area (Å²) in [5, 5.41) is 11.1. The number of nitro benzene ring substituents is 1. The van der Waals surface area contributed by atoms with Crippen molar-refractivity contribution in [1.29, 1.82) is 0 Å². The van der Waals surface area contributed by atoms with E-state index in [0.717, 1.165) is 0 Å². The summed E-state index contributed by atoms with van der Waals surface area (Å²) >= 11 is 3.10. The van der Waals surface area contributed by atoms with Gasteiger partial charge in [0.25, 0.3) is 5.69 Å². The number of alkyl halides is 1. The maximum absolute atomic E-state index is 11.7. The fraction of sp³-hybridized carbons (Fsp3) is 0.231. The minimum atomic E-state index is -0.747. The average molecular weight is 342 g/mol. The van der Waals surface area contributed by atoms with E-state index in [-0.39, 0.29) is 17.9 Å². The molecule has 106 valence electrons. The molecule has 0 spiro atoms. The number of hydrogen-bond donors (Lipinski definition) is 0. The van der Waals surface area contributed by atoms with Gasteiger partial charge in [-0.1, -0.05) is 28.1 Å². The van der Waals surface area contributed by atoms with Gasteiger partial charge in [-0.05, 0) is 18.6 Å². The highest BCUT2D eigenvalue weighted by Crippen LogP contribution is 2.16. The Balaban J connectivity index is 3.08. The van der Waals surface area contributed by atoms with Crippen LogP contribution in [0.5, 0.6) is 0 Å². The maximum atomic E-state index is 11.7. The number of hydrogen-bond acceptors (Lipinski definition) is 5. The van der Waals surface area contributed by atoms with Crippen molar-refractivity contribution in [2.75, 3.05) is 11.9 Å². The molecule has 1 aromatic rings. The third kappa shape index (κ3) is 4.58. The molecule has 1 aromatic carbocycles. The van der Waals surface area contributed by atoms with Gasteiger partial charge < -0.3 is 4.74 Å². The van der Waals surface area contributed by atoms with Gasteiger partial charge in [-0.25, -0.2) is 4.79 Å². The largest absolute Gasteiger partial charge is 0.461 e. The van der Waals surface area contributed by atoms with Gasteiger partial charge in [0.15, 0.2) is 5.78 Å². The number of ketones is 1. The molecular weight excluding hydrogens is 330 g/mol. The van der Waals surface area contributed by atoms with Crippen molar-refractivity contribution in [3.63, 3.8) is 0 Å². The summed E-state index contributed by atoms with van der Waals surface area (Å²) in [5.74, 6) is -1.21. The highest BCUT2D eigenvalue weighted by molar-refractivity contribution is 9.09. The average Bonchev–Trinajstić information content (AvgIpc) is 2.42. The van der Waals surface area contributed by atoms with E-state index in [1.165, 1.54) is 31.2 Å². The summed E-state index contributed by atoms with van der Waals surface area (Å²) in [6, 6.07) is 5.65. The lowest BCUT2D eigenvalue weighted by Gasteiger charge is -2.04. The number of nitrogens with zero attached hydrogens (tertiary/aromatic N) is 1. The highest BCUT2D eigenvalue weighted by Gasteiger charge is 2.16. The zero-order chi connectivity index (χ0) is 15.1. The van der Waals surface area contributed by atoms with Crippen LogP contribution in [0.1, 0.15) is 12.5 Å².